The molecule has 0 spiro atoms. The molecule has 1 saturated heterocycles. The van der Waals surface area contributed by atoms with Gasteiger partial charge in [-0.15, -0.1) is 0 Å². The van der Waals surface area contributed by atoms with E-state index in [9.17, 15) is 0 Å². The van der Waals surface area contributed by atoms with Crippen molar-refractivity contribution >= 4 is 0 Å². The summed E-state index contributed by atoms with van der Waals surface area (Å²) in [5.74, 6) is 0. The van der Waals surface area contributed by atoms with E-state index in [2.05, 4.69) is 36.5 Å². The van der Waals surface area contributed by atoms with Crippen LogP contribution in [0.15, 0.2) is 24.3 Å². The minimum absolute atomic E-state index is 0.552. The van der Waals surface area contributed by atoms with E-state index in [4.69, 9.17) is 4.74 Å². The fraction of sp³-hybridized carbons (Fsp3) is 0.500. The molecule has 2 nitrogen and oxygen atoms in total. The number of nitrogens with one attached hydrogen (secondary N) is 1. The standard InChI is InChI=1S/C12H17NO/c1-10-2-4-11(5-3-10)8-13-12-6-7-14-9-12/h2-5,12-13H,6-9H2,1H3. The van der Waals surface area contributed by atoms with Crippen LogP contribution in [0.4, 0.5) is 0 Å². The number of benzene rings is 1. The van der Waals surface area contributed by atoms with E-state index in [0.717, 1.165) is 26.2 Å². The van der Waals surface area contributed by atoms with Gasteiger partial charge in [-0.05, 0) is 18.9 Å². The van der Waals surface area contributed by atoms with Crippen molar-refractivity contribution in [2.24, 2.45) is 0 Å². The van der Waals surface area contributed by atoms with E-state index in [0.29, 0.717) is 6.04 Å². The number of rotatable bonds is 3. The van der Waals surface area contributed by atoms with Gasteiger partial charge < -0.3 is 10.1 Å². The SMILES string of the molecule is Cc1ccc(CNC2CCOC2)cc1. The van der Waals surface area contributed by atoms with Crippen molar-refractivity contribution < 1.29 is 4.74 Å². The molecule has 0 radical (unpaired) electrons. The molecule has 2 rings (SSSR count). The zero-order valence-corrected chi connectivity index (χ0v) is 8.62. The van der Waals surface area contributed by atoms with Crippen LogP contribution in [-0.4, -0.2) is 19.3 Å². The number of aryl methyl sites for hydroxylation is 1. The summed E-state index contributed by atoms with van der Waals surface area (Å²) in [6.07, 6.45) is 1.14. The van der Waals surface area contributed by atoms with E-state index < -0.39 is 0 Å². The molecule has 0 aromatic heterocycles. The van der Waals surface area contributed by atoms with Crippen LogP contribution in [0, 0.1) is 6.92 Å². The van der Waals surface area contributed by atoms with Gasteiger partial charge in [0, 0.05) is 19.2 Å². The molecule has 1 aliphatic rings. The highest BCUT2D eigenvalue weighted by Crippen LogP contribution is 2.06. The van der Waals surface area contributed by atoms with Gasteiger partial charge in [0.1, 0.15) is 0 Å². The summed E-state index contributed by atoms with van der Waals surface area (Å²) in [6, 6.07) is 9.22. The highest BCUT2D eigenvalue weighted by molar-refractivity contribution is 5.21. The van der Waals surface area contributed by atoms with Crippen molar-refractivity contribution in [1.29, 1.82) is 0 Å². The van der Waals surface area contributed by atoms with E-state index >= 15 is 0 Å². The predicted octanol–water partition coefficient (Wildman–Crippen LogP) is 1.87. The second kappa shape index (κ2) is 4.58. The van der Waals surface area contributed by atoms with Crippen molar-refractivity contribution in [3.8, 4) is 0 Å². The molecule has 1 aromatic carbocycles. The Morgan fingerprint density at radius 3 is 2.79 bits per heavy atom. The van der Waals surface area contributed by atoms with E-state index in [1.165, 1.54) is 11.1 Å². The van der Waals surface area contributed by atoms with Crippen LogP contribution in [0.3, 0.4) is 0 Å². The topological polar surface area (TPSA) is 21.3 Å². The third-order valence-electron chi connectivity index (χ3n) is 2.65. The second-order valence-electron chi connectivity index (χ2n) is 3.93. The minimum Gasteiger partial charge on any atom is -0.380 e. The van der Waals surface area contributed by atoms with Gasteiger partial charge >= 0.3 is 0 Å². The summed E-state index contributed by atoms with van der Waals surface area (Å²) in [5.41, 5.74) is 2.67. The van der Waals surface area contributed by atoms with Crippen LogP contribution < -0.4 is 5.32 Å². The first-order valence-electron chi connectivity index (χ1n) is 5.21. The largest absolute Gasteiger partial charge is 0.380 e. The molecule has 76 valence electrons. The first-order chi connectivity index (χ1) is 6.84. The molecule has 1 atom stereocenters. The zero-order valence-electron chi connectivity index (χ0n) is 8.62. The van der Waals surface area contributed by atoms with Crippen molar-refractivity contribution in [3.63, 3.8) is 0 Å². The molecule has 0 bridgehead atoms. The monoisotopic (exact) mass is 191 g/mol. The Balaban J connectivity index is 1.82. The van der Waals surface area contributed by atoms with Gasteiger partial charge in [-0.3, -0.25) is 0 Å². The molecule has 1 N–H and O–H groups in total. The lowest BCUT2D eigenvalue weighted by molar-refractivity contribution is 0.190. The Hall–Kier alpha value is -0.860. The molecule has 1 aromatic rings. The summed E-state index contributed by atoms with van der Waals surface area (Å²) in [4.78, 5) is 0. The summed E-state index contributed by atoms with van der Waals surface area (Å²) in [7, 11) is 0. The molecule has 1 heterocycles. The van der Waals surface area contributed by atoms with Gasteiger partial charge in [0.2, 0.25) is 0 Å². The predicted molar refractivity (Wildman–Crippen MR) is 57.2 cm³/mol. The van der Waals surface area contributed by atoms with Crippen LogP contribution >= 0.6 is 0 Å². The lowest BCUT2D eigenvalue weighted by Gasteiger charge is -2.10. The maximum Gasteiger partial charge on any atom is 0.0620 e. The first kappa shape index (κ1) is 9.69. The van der Waals surface area contributed by atoms with Gasteiger partial charge in [-0.2, -0.15) is 0 Å². The molecule has 1 aliphatic heterocycles. The lowest BCUT2D eigenvalue weighted by atomic mass is 10.1. The minimum atomic E-state index is 0.552. The van der Waals surface area contributed by atoms with E-state index in [1.807, 2.05) is 0 Å². The lowest BCUT2D eigenvalue weighted by Crippen LogP contribution is -2.28. The average molecular weight is 191 g/mol. The zero-order chi connectivity index (χ0) is 9.80. The summed E-state index contributed by atoms with van der Waals surface area (Å²) in [5, 5.41) is 3.49. The van der Waals surface area contributed by atoms with E-state index in [1.54, 1.807) is 0 Å². The molecule has 0 amide bonds. The van der Waals surface area contributed by atoms with Crippen LogP contribution in [0.1, 0.15) is 17.5 Å². The summed E-state index contributed by atoms with van der Waals surface area (Å²) >= 11 is 0. The molecule has 1 unspecified atom stereocenters. The smallest absolute Gasteiger partial charge is 0.0620 e. The third-order valence-corrected chi connectivity index (χ3v) is 2.65. The quantitative estimate of drug-likeness (QED) is 0.787. The maximum absolute atomic E-state index is 5.30. The highest BCUT2D eigenvalue weighted by atomic mass is 16.5. The summed E-state index contributed by atoms with van der Waals surface area (Å²) < 4.78 is 5.30. The molecular formula is C12H17NO. The molecule has 0 saturated carbocycles. The Kier molecular flexibility index (Phi) is 3.17. The van der Waals surface area contributed by atoms with Crippen LogP contribution in [0.25, 0.3) is 0 Å². The molecule has 1 fully saturated rings. The average Bonchev–Trinajstić information content (AvgIpc) is 2.70. The summed E-state index contributed by atoms with van der Waals surface area (Å²) in [6.45, 7) is 4.84. The molecule has 2 heteroatoms. The maximum atomic E-state index is 5.30. The van der Waals surface area contributed by atoms with E-state index in [-0.39, 0.29) is 0 Å². The van der Waals surface area contributed by atoms with Crippen molar-refractivity contribution in [2.75, 3.05) is 13.2 Å². The number of hydrogen-bond donors (Lipinski definition) is 1. The Labute approximate surface area is 85.3 Å². The number of ether oxygens (including phenoxy) is 1. The normalized spacial score (nSPS) is 21.4. The van der Waals surface area contributed by atoms with Gasteiger partial charge in [-0.1, -0.05) is 29.8 Å². The van der Waals surface area contributed by atoms with Crippen molar-refractivity contribution in [3.05, 3.63) is 35.4 Å². The van der Waals surface area contributed by atoms with Gasteiger partial charge in [-0.25, -0.2) is 0 Å². The fourth-order valence-corrected chi connectivity index (χ4v) is 1.66. The molecule has 14 heavy (non-hydrogen) atoms. The van der Waals surface area contributed by atoms with Gasteiger partial charge in [0.15, 0.2) is 0 Å². The molecule has 0 aliphatic carbocycles. The highest BCUT2D eigenvalue weighted by Gasteiger charge is 2.13. The molecular weight excluding hydrogens is 174 g/mol. The first-order valence-corrected chi connectivity index (χ1v) is 5.21. The van der Waals surface area contributed by atoms with Crippen molar-refractivity contribution in [1.82, 2.24) is 5.32 Å². The Morgan fingerprint density at radius 1 is 1.36 bits per heavy atom. The second-order valence-corrected chi connectivity index (χ2v) is 3.93. The van der Waals surface area contributed by atoms with Gasteiger partial charge in [0.05, 0.1) is 6.61 Å². The van der Waals surface area contributed by atoms with Crippen LogP contribution in [-0.2, 0) is 11.3 Å². The number of hydrogen-bond acceptors (Lipinski definition) is 2. The Bertz CT molecular complexity index is 275. The van der Waals surface area contributed by atoms with Crippen molar-refractivity contribution in [2.45, 2.75) is 25.9 Å². The Morgan fingerprint density at radius 2 is 2.14 bits per heavy atom. The third kappa shape index (κ3) is 2.56. The fourth-order valence-electron chi connectivity index (χ4n) is 1.66. The van der Waals surface area contributed by atoms with Crippen LogP contribution in [0.5, 0.6) is 0 Å². The van der Waals surface area contributed by atoms with Crippen LogP contribution in [0.2, 0.25) is 0 Å². The van der Waals surface area contributed by atoms with Gasteiger partial charge in [0.25, 0.3) is 0 Å².